The molecule has 0 amide bonds. The number of nitrogens with one attached hydrogen (secondary N) is 1. The second-order valence-corrected chi connectivity index (χ2v) is 4.76. The minimum absolute atomic E-state index is 0.153. The van der Waals surface area contributed by atoms with Crippen LogP contribution in [0.1, 0.15) is 21.5 Å². The SMILES string of the molecule is O=C(O)c1ccnc2ccc(/C=C/c3ccc(=O)[nH]c3)cc12. The van der Waals surface area contributed by atoms with Crippen molar-refractivity contribution >= 4 is 29.0 Å². The summed E-state index contributed by atoms with van der Waals surface area (Å²) in [5, 5.41) is 9.82. The lowest BCUT2D eigenvalue weighted by Crippen LogP contribution is -2.01. The molecule has 0 fully saturated rings. The number of benzene rings is 1. The van der Waals surface area contributed by atoms with Crippen LogP contribution in [0.5, 0.6) is 0 Å². The van der Waals surface area contributed by atoms with Crippen molar-refractivity contribution in [3.8, 4) is 0 Å². The molecule has 22 heavy (non-hydrogen) atoms. The third-order valence-electron chi connectivity index (χ3n) is 3.27. The van der Waals surface area contributed by atoms with E-state index in [0.717, 1.165) is 11.1 Å². The average Bonchev–Trinajstić information content (AvgIpc) is 2.53. The molecule has 3 aromatic rings. The second kappa shape index (κ2) is 5.65. The number of fused-ring (bicyclic) bond motifs is 1. The smallest absolute Gasteiger partial charge is 0.336 e. The lowest BCUT2D eigenvalue weighted by atomic mass is 10.1. The molecule has 1 aromatic carbocycles. The van der Waals surface area contributed by atoms with Crippen molar-refractivity contribution in [2.75, 3.05) is 0 Å². The number of rotatable bonds is 3. The van der Waals surface area contributed by atoms with Crippen LogP contribution in [0.3, 0.4) is 0 Å². The molecular weight excluding hydrogens is 280 g/mol. The Labute approximate surface area is 125 Å². The van der Waals surface area contributed by atoms with Gasteiger partial charge in [-0.25, -0.2) is 4.79 Å². The molecule has 2 aromatic heterocycles. The number of H-pyrrole nitrogens is 1. The largest absolute Gasteiger partial charge is 0.478 e. The third kappa shape index (κ3) is 2.78. The van der Waals surface area contributed by atoms with Crippen LogP contribution in [0, 0.1) is 0 Å². The van der Waals surface area contributed by atoms with E-state index < -0.39 is 5.97 Å². The molecule has 0 aliphatic heterocycles. The summed E-state index contributed by atoms with van der Waals surface area (Å²) in [6, 6.07) is 10.1. The summed E-state index contributed by atoms with van der Waals surface area (Å²) < 4.78 is 0. The number of nitrogens with zero attached hydrogens (tertiary/aromatic N) is 1. The molecule has 0 bridgehead atoms. The Bertz CT molecular complexity index is 922. The molecule has 2 heterocycles. The fourth-order valence-corrected chi connectivity index (χ4v) is 2.17. The van der Waals surface area contributed by atoms with Crippen molar-refractivity contribution in [1.29, 1.82) is 0 Å². The lowest BCUT2D eigenvalue weighted by Gasteiger charge is -2.03. The molecule has 5 heteroatoms. The topological polar surface area (TPSA) is 83.0 Å². The van der Waals surface area contributed by atoms with Crippen LogP contribution in [0.4, 0.5) is 0 Å². The maximum atomic E-state index is 11.3. The Hall–Kier alpha value is -3.21. The average molecular weight is 292 g/mol. The summed E-state index contributed by atoms with van der Waals surface area (Å²) in [6.07, 6.45) is 6.80. The van der Waals surface area contributed by atoms with E-state index in [9.17, 15) is 14.7 Å². The van der Waals surface area contributed by atoms with Crippen LogP contribution in [0.25, 0.3) is 23.1 Å². The Kier molecular flexibility index (Phi) is 3.53. The van der Waals surface area contributed by atoms with Gasteiger partial charge in [0.25, 0.3) is 0 Å². The highest BCUT2D eigenvalue weighted by Gasteiger charge is 2.08. The number of hydrogen-bond acceptors (Lipinski definition) is 3. The van der Waals surface area contributed by atoms with Gasteiger partial charge < -0.3 is 10.1 Å². The van der Waals surface area contributed by atoms with Crippen molar-refractivity contribution in [3.63, 3.8) is 0 Å². The fraction of sp³-hybridized carbons (Fsp3) is 0. The van der Waals surface area contributed by atoms with E-state index in [0.29, 0.717) is 10.9 Å². The minimum atomic E-state index is -0.978. The predicted molar refractivity (Wildman–Crippen MR) is 84.7 cm³/mol. The molecule has 0 saturated heterocycles. The summed E-state index contributed by atoms with van der Waals surface area (Å²) in [7, 11) is 0. The van der Waals surface area contributed by atoms with Gasteiger partial charge in [0.1, 0.15) is 0 Å². The molecule has 0 unspecified atom stereocenters. The van der Waals surface area contributed by atoms with Gasteiger partial charge in [0.15, 0.2) is 0 Å². The molecule has 5 nitrogen and oxygen atoms in total. The van der Waals surface area contributed by atoms with Gasteiger partial charge >= 0.3 is 5.97 Å². The van der Waals surface area contributed by atoms with E-state index in [2.05, 4.69) is 9.97 Å². The minimum Gasteiger partial charge on any atom is -0.478 e. The van der Waals surface area contributed by atoms with E-state index in [4.69, 9.17) is 0 Å². The Balaban J connectivity index is 2.01. The summed E-state index contributed by atoms with van der Waals surface area (Å²) in [5.41, 5.74) is 2.42. The fourth-order valence-electron chi connectivity index (χ4n) is 2.17. The molecule has 0 aliphatic rings. The quantitative estimate of drug-likeness (QED) is 0.777. The Morgan fingerprint density at radius 2 is 1.86 bits per heavy atom. The lowest BCUT2D eigenvalue weighted by molar-refractivity contribution is 0.0699. The molecule has 0 aliphatic carbocycles. The van der Waals surface area contributed by atoms with Gasteiger partial charge in [0.2, 0.25) is 5.56 Å². The Morgan fingerprint density at radius 3 is 2.59 bits per heavy atom. The van der Waals surface area contributed by atoms with Crippen molar-refractivity contribution in [3.05, 3.63) is 75.8 Å². The molecule has 0 saturated carbocycles. The van der Waals surface area contributed by atoms with Gasteiger partial charge in [0, 0.05) is 23.8 Å². The number of carboxylic acid groups (broad SMARTS) is 1. The normalized spacial score (nSPS) is 11.1. The first-order valence-electron chi connectivity index (χ1n) is 6.62. The molecule has 0 spiro atoms. The molecule has 2 N–H and O–H groups in total. The second-order valence-electron chi connectivity index (χ2n) is 4.76. The van der Waals surface area contributed by atoms with Crippen LogP contribution >= 0.6 is 0 Å². The standard InChI is InChI=1S/C17H12N2O3/c20-16-6-4-12(10-19-16)2-1-11-3-5-15-14(9-11)13(17(21)22)7-8-18-15/h1-10H,(H,19,20)(H,21,22)/b2-1+. The first kappa shape index (κ1) is 13.8. The number of hydrogen-bond donors (Lipinski definition) is 2. The van der Waals surface area contributed by atoms with Crippen molar-refractivity contribution < 1.29 is 9.90 Å². The van der Waals surface area contributed by atoms with Gasteiger partial charge in [-0.1, -0.05) is 18.2 Å². The van der Waals surface area contributed by atoms with E-state index in [1.165, 1.54) is 18.3 Å². The number of aromatic amines is 1. The number of carboxylic acids is 1. The highest BCUT2D eigenvalue weighted by Crippen LogP contribution is 2.20. The zero-order chi connectivity index (χ0) is 15.5. The van der Waals surface area contributed by atoms with Crippen LogP contribution in [-0.4, -0.2) is 21.0 Å². The van der Waals surface area contributed by atoms with Crippen molar-refractivity contribution in [2.24, 2.45) is 0 Å². The zero-order valence-electron chi connectivity index (χ0n) is 11.5. The zero-order valence-corrected chi connectivity index (χ0v) is 11.5. The van der Waals surface area contributed by atoms with Gasteiger partial charge in [-0.3, -0.25) is 9.78 Å². The highest BCUT2D eigenvalue weighted by atomic mass is 16.4. The number of pyridine rings is 2. The van der Waals surface area contributed by atoms with Gasteiger partial charge in [-0.2, -0.15) is 0 Å². The molecule has 108 valence electrons. The van der Waals surface area contributed by atoms with E-state index >= 15 is 0 Å². The van der Waals surface area contributed by atoms with Crippen LogP contribution < -0.4 is 5.56 Å². The maximum absolute atomic E-state index is 11.3. The van der Waals surface area contributed by atoms with Crippen LogP contribution in [-0.2, 0) is 0 Å². The summed E-state index contributed by atoms with van der Waals surface area (Å²) in [4.78, 5) is 29.0. The van der Waals surface area contributed by atoms with Gasteiger partial charge in [-0.05, 0) is 35.4 Å². The highest BCUT2D eigenvalue weighted by molar-refractivity contribution is 6.03. The van der Waals surface area contributed by atoms with E-state index in [-0.39, 0.29) is 11.1 Å². The van der Waals surface area contributed by atoms with E-state index in [1.807, 2.05) is 18.2 Å². The summed E-state index contributed by atoms with van der Waals surface area (Å²) in [5.74, 6) is -0.978. The van der Waals surface area contributed by atoms with E-state index in [1.54, 1.807) is 24.4 Å². The summed E-state index contributed by atoms with van der Waals surface area (Å²) >= 11 is 0. The molecular formula is C17H12N2O3. The monoisotopic (exact) mass is 292 g/mol. The first-order chi connectivity index (χ1) is 10.6. The first-order valence-corrected chi connectivity index (χ1v) is 6.62. The molecule has 0 radical (unpaired) electrons. The summed E-state index contributed by atoms with van der Waals surface area (Å²) in [6.45, 7) is 0. The van der Waals surface area contributed by atoms with Crippen LogP contribution in [0.15, 0.2) is 53.6 Å². The predicted octanol–water partition coefficient (Wildman–Crippen LogP) is 2.79. The Morgan fingerprint density at radius 1 is 1.09 bits per heavy atom. The third-order valence-corrected chi connectivity index (χ3v) is 3.27. The van der Waals surface area contributed by atoms with Gasteiger partial charge in [0.05, 0.1) is 11.1 Å². The number of aromatic nitrogens is 2. The molecule has 0 atom stereocenters. The van der Waals surface area contributed by atoms with Crippen LogP contribution in [0.2, 0.25) is 0 Å². The maximum Gasteiger partial charge on any atom is 0.336 e. The van der Waals surface area contributed by atoms with Crippen molar-refractivity contribution in [2.45, 2.75) is 0 Å². The van der Waals surface area contributed by atoms with Crippen molar-refractivity contribution in [1.82, 2.24) is 9.97 Å². The van der Waals surface area contributed by atoms with Gasteiger partial charge in [-0.15, -0.1) is 0 Å². The number of aromatic carboxylic acids is 1. The molecule has 3 rings (SSSR count). The number of carbonyl (C=O) groups is 1.